The molecule has 0 spiro atoms. The van der Waals surface area contributed by atoms with Crippen molar-refractivity contribution in [1.29, 1.82) is 5.26 Å². The first-order valence-corrected chi connectivity index (χ1v) is 12.1. The van der Waals surface area contributed by atoms with Gasteiger partial charge in [0.05, 0.1) is 11.6 Å². The van der Waals surface area contributed by atoms with Gasteiger partial charge in [0.25, 0.3) is 5.91 Å². The topological polar surface area (TPSA) is 94.3 Å². The highest BCUT2D eigenvalue weighted by Gasteiger charge is 2.34. The number of amides is 1. The van der Waals surface area contributed by atoms with E-state index in [1.54, 1.807) is 11.3 Å². The average molecular weight is 427 g/mol. The monoisotopic (exact) mass is 426 g/mol. The fraction of sp³-hybridized carbons (Fsp3) is 0.652. The van der Waals surface area contributed by atoms with E-state index in [0.29, 0.717) is 18.8 Å². The van der Waals surface area contributed by atoms with Gasteiger partial charge in [-0.3, -0.25) is 19.9 Å². The molecule has 1 atom stereocenters. The Morgan fingerprint density at radius 2 is 2.03 bits per heavy atom. The minimum Gasteiger partial charge on any atom is -0.352 e. The fourth-order valence-corrected chi connectivity index (χ4v) is 5.52. The van der Waals surface area contributed by atoms with Gasteiger partial charge in [-0.1, -0.05) is 6.92 Å². The number of nitrogens with one attached hydrogen (secondary N) is 2. The number of thiophene rings is 1. The highest BCUT2D eigenvalue weighted by atomic mass is 32.1. The van der Waals surface area contributed by atoms with Crippen LogP contribution < -0.4 is 10.6 Å². The van der Waals surface area contributed by atoms with Gasteiger partial charge in [0, 0.05) is 35.1 Å². The number of amidine groups is 1. The average Bonchev–Trinajstić information content (AvgIpc) is 3.63. The van der Waals surface area contributed by atoms with Crippen LogP contribution in [0.2, 0.25) is 0 Å². The molecule has 0 radical (unpaired) electrons. The summed E-state index contributed by atoms with van der Waals surface area (Å²) in [6.45, 7) is 2.80. The number of ketones is 1. The molecule has 0 saturated heterocycles. The molecule has 2 N–H and O–H groups in total. The highest BCUT2D eigenvalue weighted by Crippen LogP contribution is 2.38. The van der Waals surface area contributed by atoms with Gasteiger partial charge in [0.1, 0.15) is 11.6 Å². The molecule has 6 nitrogen and oxygen atoms in total. The summed E-state index contributed by atoms with van der Waals surface area (Å²) in [6.07, 6.45) is 10.9. The standard InChI is InChI=1S/C23H30N4O2S/c1-2-3-21(26-13-24)27-16-8-9-19-17(10-16)22(23(29)25-12-14-4-5-14)20(30-19)11-18(28)15-6-7-15/h14-16H,2-12H2,1H3,(H,25,29)(H,26,27)/t16-/m0/s1. The smallest absolute Gasteiger partial charge is 0.252 e. The van der Waals surface area contributed by atoms with Gasteiger partial charge >= 0.3 is 0 Å². The zero-order chi connectivity index (χ0) is 21.1. The number of hydrogen-bond acceptors (Lipinski definition) is 5. The summed E-state index contributed by atoms with van der Waals surface area (Å²) in [5.41, 5.74) is 1.83. The number of nitrogens with zero attached hydrogens (tertiary/aromatic N) is 2. The normalized spacial score (nSPS) is 20.9. The SMILES string of the molecule is CCCC(=N[C@H]1CCc2sc(CC(=O)C3CC3)c(C(=O)NCC3CC3)c2C1)NC#N. The van der Waals surface area contributed by atoms with Crippen molar-refractivity contribution in [3.63, 3.8) is 0 Å². The molecule has 1 amide bonds. The van der Waals surface area contributed by atoms with E-state index >= 15 is 0 Å². The van der Waals surface area contributed by atoms with Gasteiger partial charge in [-0.15, -0.1) is 11.3 Å². The number of aliphatic imine (C=N–C) groups is 1. The first kappa shape index (κ1) is 21.0. The van der Waals surface area contributed by atoms with E-state index in [-0.39, 0.29) is 23.7 Å². The molecular weight excluding hydrogens is 396 g/mol. The number of nitriles is 1. The lowest BCUT2D eigenvalue weighted by Gasteiger charge is -2.21. The first-order valence-electron chi connectivity index (χ1n) is 11.2. The Morgan fingerprint density at radius 3 is 2.70 bits per heavy atom. The van der Waals surface area contributed by atoms with Crippen LogP contribution in [0, 0.1) is 23.3 Å². The van der Waals surface area contributed by atoms with Crippen molar-refractivity contribution >= 4 is 28.9 Å². The molecule has 160 valence electrons. The number of hydrogen-bond donors (Lipinski definition) is 2. The lowest BCUT2D eigenvalue weighted by atomic mass is 9.90. The summed E-state index contributed by atoms with van der Waals surface area (Å²) >= 11 is 1.66. The summed E-state index contributed by atoms with van der Waals surface area (Å²) in [5.74, 6) is 1.81. The number of rotatable bonds is 9. The molecule has 3 aliphatic carbocycles. The van der Waals surface area contributed by atoms with Crippen LogP contribution in [0.1, 0.15) is 77.5 Å². The van der Waals surface area contributed by atoms with E-state index in [4.69, 9.17) is 10.3 Å². The van der Waals surface area contributed by atoms with Crippen molar-refractivity contribution in [2.75, 3.05) is 6.54 Å². The summed E-state index contributed by atoms with van der Waals surface area (Å²) in [4.78, 5) is 32.6. The minimum atomic E-state index is -0.0217. The Kier molecular flexibility index (Phi) is 6.52. The van der Waals surface area contributed by atoms with Crippen LogP contribution in [-0.4, -0.2) is 30.1 Å². The first-order chi connectivity index (χ1) is 14.6. The molecular formula is C23H30N4O2S. The number of Topliss-reactive ketones (excluding diaryl/α,β-unsaturated/α-hetero) is 1. The Balaban J connectivity index is 1.57. The van der Waals surface area contributed by atoms with E-state index in [9.17, 15) is 9.59 Å². The number of carbonyl (C=O) groups excluding carboxylic acids is 2. The lowest BCUT2D eigenvalue weighted by molar-refractivity contribution is -0.119. The van der Waals surface area contributed by atoms with Gasteiger partial charge in [-0.25, -0.2) is 0 Å². The molecule has 0 aromatic carbocycles. The van der Waals surface area contributed by atoms with Crippen molar-refractivity contribution in [1.82, 2.24) is 10.6 Å². The van der Waals surface area contributed by atoms with Gasteiger partial charge in [-0.2, -0.15) is 5.26 Å². The fourth-order valence-electron chi connectivity index (χ4n) is 4.16. The summed E-state index contributed by atoms with van der Waals surface area (Å²) in [7, 11) is 0. The van der Waals surface area contributed by atoms with Crippen LogP contribution in [-0.2, 0) is 24.1 Å². The molecule has 0 aliphatic heterocycles. The van der Waals surface area contributed by atoms with Crippen molar-refractivity contribution < 1.29 is 9.59 Å². The van der Waals surface area contributed by atoms with Crippen molar-refractivity contribution in [2.24, 2.45) is 16.8 Å². The van der Waals surface area contributed by atoms with E-state index in [1.165, 1.54) is 17.7 Å². The van der Waals surface area contributed by atoms with Gasteiger partial charge < -0.3 is 5.32 Å². The van der Waals surface area contributed by atoms with Crippen LogP contribution in [0.3, 0.4) is 0 Å². The third-order valence-corrected chi connectivity index (χ3v) is 7.47. The Hall–Kier alpha value is -2.20. The molecule has 0 bridgehead atoms. The maximum atomic E-state index is 13.1. The second kappa shape index (κ2) is 9.30. The molecule has 1 aromatic rings. The zero-order valence-corrected chi connectivity index (χ0v) is 18.4. The molecule has 4 rings (SSSR count). The third kappa shape index (κ3) is 5.10. The molecule has 1 heterocycles. The van der Waals surface area contributed by atoms with Crippen molar-refractivity contribution in [3.05, 3.63) is 20.9 Å². The van der Waals surface area contributed by atoms with Crippen LogP contribution in [0.4, 0.5) is 0 Å². The number of carbonyl (C=O) groups is 2. The molecule has 3 aliphatic rings. The summed E-state index contributed by atoms with van der Waals surface area (Å²) < 4.78 is 0. The Morgan fingerprint density at radius 1 is 1.23 bits per heavy atom. The molecule has 7 heteroatoms. The second-order valence-corrected chi connectivity index (χ2v) is 10.0. The maximum absolute atomic E-state index is 13.1. The van der Waals surface area contributed by atoms with Crippen LogP contribution in [0.15, 0.2) is 4.99 Å². The summed E-state index contributed by atoms with van der Waals surface area (Å²) in [6, 6.07) is 0.0662. The van der Waals surface area contributed by atoms with Crippen molar-refractivity contribution in [3.8, 4) is 6.19 Å². The Labute approximate surface area is 182 Å². The number of aryl methyl sites for hydroxylation is 1. The zero-order valence-electron chi connectivity index (χ0n) is 17.6. The molecule has 2 fully saturated rings. The van der Waals surface area contributed by atoms with Crippen LogP contribution >= 0.6 is 11.3 Å². The van der Waals surface area contributed by atoms with E-state index in [0.717, 1.165) is 66.9 Å². The summed E-state index contributed by atoms with van der Waals surface area (Å²) in [5, 5.41) is 14.8. The van der Waals surface area contributed by atoms with Crippen molar-refractivity contribution in [2.45, 2.75) is 77.2 Å². The lowest BCUT2D eigenvalue weighted by Crippen LogP contribution is -2.29. The van der Waals surface area contributed by atoms with Gasteiger partial charge in [-0.05, 0) is 62.8 Å². The second-order valence-electron chi connectivity index (χ2n) is 8.83. The van der Waals surface area contributed by atoms with E-state index in [2.05, 4.69) is 17.6 Å². The maximum Gasteiger partial charge on any atom is 0.252 e. The highest BCUT2D eigenvalue weighted by molar-refractivity contribution is 7.12. The van der Waals surface area contributed by atoms with Crippen LogP contribution in [0.25, 0.3) is 0 Å². The molecule has 0 unspecified atom stereocenters. The predicted octanol–water partition coefficient (Wildman–Crippen LogP) is 3.54. The number of fused-ring (bicyclic) bond motifs is 1. The molecule has 30 heavy (non-hydrogen) atoms. The third-order valence-electron chi connectivity index (χ3n) is 6.18. The quantitative estimate of drug-likeness (QED) is 0.273. The molecule has 1 aromatic heterocycles. The largest absolute Gasteiger partial charge is 0.352 e. The van der Waals surface area contributed by atoms with E-state index < -0.39 is 0 Å². The van der Waals surface area contributed by atoms with E-state index in [1.807, 2.05) is 6.19 Å². The van der Waals surface area contributed by atoms with Crippen LogP contribution in [0.5, 0.6) is 0 Å². The van der Waals surface area contributed by atoms with Gasteiger partial charge in [0.2, 0.25) is 0 Å². The van der Waals surface area contributed by atoms with Gasteiger partial charge in [0.15, 0.2) is 6.19 Å². The molecule has 2 saturated carbocycles. The Bertz CT molecular complexity index is 890. The predicted molar refractivity (Wildman–Crippen MR) is 118 cm³/mol. The minimum absolute atomic E-state index is 0.0217.